The zero-order valence-corrected chi connectivity index (χ0v) is 11.3. The van der Waals surface area contributed by atoms with Gasteiger partial charge in [-0.25, -0.2) is 0 Å². The van der Waals surface area contributed by atoms with E-state index in [4.69, 9.17) is 0 Å². The molecule has 1 saturated heterocycles. The average molecular weight is 256 g/mol. The first-order valence-corrected chi connectivity index (χ1v) is 7.55. The van der Waals surface area contributed by atoms with E-state index in [1.807, 2.05) is 16.7 Å². The van der Waals surface area contributed by atoms with E-state index in [1.165, 1.54) is 12.8 Å². The quantitative estimate of drug-likeness (QED) is 0.802. The Morgan fingerprint density at radius 1 is 1.29 bits per heavy atom. The van der Waals surface area contributed by atoms with E-state index >= 15 is 0 Å². The largest absolute Gasteiger partial charge is 0.343 e. The van der Waals surface area contributed by atoms with Crippen molar-refractivity contribution >= 4 is 23.6 Å². The number of rotatable bonds is 2. The molecule has 1 saturated carbocycles. The van der Waals surface area contributed by atoms with E-state index < -0.39 is 0 Å². The van der Waals surface area contributed by atoms with Crippen LogP contribution in [0.15, 0.2) is 0 Å². The maximum atomic E-state index is 12.1. The van der Waals surface area contributed by atoms with Crippen molar-refractivity contribution in [2.24, 2.45) is 0 Å². The molecule has 0 aromatic carbocycles. The van der Waals surface area contributed by atoms with Gasteiger partial charge in [0.25, 0.3) is 0 Å². The molecule has 5 heteroatoms. The lowest BCUT2D eigenvalue weighted by molar-refractivity contribution is -0.146. The number of amides is 2. The number of thioether (sulfide) groups is 1. The Morgan fingerprint density at radius 2 is 2.00 bits per heavy atom. The monoisotopic (exact) mass is 256 g/mol. The molecule has 3 atom stereocenters. The van der Waals surface area contributed by atoms with Gasteiger partial charge in [0.15, 0.2) is 0 Å². The van der Waals surface area contributed by atoms with Gasteiger partial charge in [0.1, 0.15) is 6.04 Å². The van der Waals surface area contributed by atoms with Crippen molar-refractivity contribution in [2.45, 2.75) is 49.9 Å². The zero-order valence-electron chi connectivity index (χ0n) is 10.4. The summed E-state index contributed by atoms with van der Waals surface area (Å²) in [5, 5.41) is 3.19. The van der Waals surface area contributed by atoms with Gasteiger partial charge in [0.2, 0.25) is 11.8 Å². The molecule has 0 radical (unpaired) electrons. The summed E-state index contributed by atoms with van der Waals surface area (Å²) in [5.74, 6) is 0.0538. The van der Waals surface area contributed by atoms with Crippen LogP contribution in [-0.2, 0) is 9.59 Å². The van der Waals surface area contributed by atoms with E-state index in [9.17, 15) is 9.59 Å². The minimum absolute atomic E-state index is 0.0254. The van der Waals surface area contributed by atoms with E-state index in [0.29, 0.717) is 5.25 Å². The van der Waals surface area contributed by atoms with Crippen molar-refractivity contribution in [1.29, 1.82) is 0 Å². The van der Waals surface area contributed by atoms with Gasteiger partial charge < -0.3 is 10.2 Å². The van der Waals surface area contributed by atoms with Gasteiger partial charge in [-0.1, -0.05) is 12.8 Å². The Balaban J connectivity index is 2.13. The van der Waals surface area contributed by atoms with Gasteiger partial charge >= 0.3 is 0 Å². The van der Waals surface area contributed by atoms with Crippen LogP contribution in [0.5, 0.6) is 0 Å². The maximum absolute atomic E-state index is 12.1. The fourth-order valence-corrected chi connectivity index (χ4v) is 3.82. The van der Waals surface area contributed by atoms with Crippen LogP contribution < -0.4 is 5.32 Å². The Hall–Kier alpha value is -0.710. The summed E-state index contributed by atoms with van der Waals surface area (Å²) in [6, 6.07) is -0.111. The average Bonchev–Trinajstić information content (AvgIpc) is 2.33. The normalized spacial score (nSPS) is 34.7. The van der Waals surface area contributed by atoms with Crippen LogP contribution in [0.2, 0.25) is 0 Å². The van der Waals surface area contributed by atoms with Crippen molar-refractivity contribution in [3.63, 3.8) is 0 Å². The van der Waals surface area contributed by atoms with Gasteiger partial charge in [0.05, 0.1) is 6.54 Å². The van der Waals surface area contributed by atoms with Crippen molar-refractivity contribution in [3.05, 3.63) is 0 Å². The van der Waals surface area contributed by atoms with Gasteiger partial charge in [-0.3, -0.25) is 9.59 Å². The molecule has 2 fully saturated rings. The number of piperazine rings is 1. The number of carbonyl (C=O) groups is 2. The molecular weight excluding hydrogens is 236 g/mol. The van der Waals surface area contributed by atoms with Crippen LogP contribution in [0.3, 0.4) is 0 Å². The second-order valence-corrected chi connectivity index (χ2v) is 5.96. The molecule has 0 aromatic heterocycles. The fraction of sp³-hybridized carbons (Fsp3) is 0.833. The second-order valence-electron chi connectivity index (χ2n) is 4.88. The molecule has 1 aliphatic carbocycles. The lowest BCUT2D eigenvalue weighted by atomic mass is 9.92. The fourth-order valence-electron chi connectivity index (χ4n) is 2.82. The summed E-state index contributed by atoms with van der Waals surface area (Å²) < 4.78 is 0. The Labute approximate surface area is 106 Å². The van der Waals surface area contributed by atoms with E-state index in [2.05, 4.69) is 11.6 Å². The molecule has 2 aliphatic rings. The van der Waals surface area contributed by atoms with Crippen molar-refractivity contribution in [3.8, 4) is 0 Å². The van der Waals surface area contributed by atoms with Crippen LogP contribution >= 0.6 is 11.8 Å². The van der Waals surface area contributed by atoms with E-state index in [0.717, 1.165) is 12.8 Å². The first-order valence-electron chi connectivity index (χ1n) is 6.26. The Bertz CT molecular complexity index is 322. The van der Waals surface area contributed by atoms with Gasteiger partial charge in [0, 0.05) is 11.3 Å². The summed E-state index contributed by atoms with van der Waals surface area (Å²) in [6.07, 6.45) is 6.71. The van der Waals surface area contributed by atoms with Crippen LogP contribution in [0.4, 0.5) is 0 Å². The van der Waals surface area contributed by atoms with Crippen LogP contribution in [0, 0.1) is 0 Å². The van der Waals surface area contributed by atoms with Crippen molar-refractivity contribution < 1.29 is 9.59 Å². The number of hydrogen-bond donors (Lipinski definition) is 1. The van der Waals surface area contributed by atoms with Crippen LogP contribution in [0.1, 0.15) is 32.6 Å². The summed E-state index contributed by atoms with van der Waals surface area (Å²) in [5.41, 5.74) is 0. The highest BCUT2D eigenvalue weighted by atomic mass is 32.2. The van der Waals surface area contributed by atoms with Gasteiger partial charge in [-0.2, -0.15) is 11.8 Å². The number of hydrogen-bond acceptors (Lipinski definition) is 3. The lowest BCUT2D eigenvalue weighted by Gasteiger charge is -2.42. The topological polar surface area (TPSA) is 49.4 Å². The molecule has 4 nitrogen and oxygen atoms in total. The highest BCUT2D eigenvalue weighted by Crippen LogP contribution is 2.31. The third-order valence-electron chi connectivity index (χ3n) is 3.72. The highest BCUT2D eigenvalue weighted by molar-refractivity contribution is 7.99. The van der Waals surface area contributed by atoms with Gasteiger partial charge in [-0.15, -0.1) is 0 Å². The molecule has 17 heavy (non-hydrogen) atoms. The molecule has 1 N–H and O–H groups in total. The third-order valence-corrected chi connectivity index (χ3v) is 4.87. The third kappa shape index (κ3) is 2.59. The highest BCUT2D eigenvalue weighted by Gasteiger charge is 2.38. The van der Waals surface area contributed by atoms with Crippen LogP contribution in [-0.4, -0.2) is 46.8 Å². The summed E-state index contributed by atoms with van der Waals surface area (Å²) in [6.45, 7) is 2.01. The lowest BCUT2D eigenvalue weighted by Crippen LogP contribution is -2.61. The molecule has 1 heterocycles. The molecule has 3 unspecified atom stereocenters. The molecule has 2 amide bonds. The molecular formula is C12H20N2O2S. The molecule has 0 bridgehead atoms. The van der Waals surface area contributed by atoms with Crippen LogP contribution in [0.25, 0.3) is 0 Å². The first-order chi connectivity index (χ1) is 8.13. The smallest absolute Gasteiger partial charge is 0.245 e. The van der Waals surface area contributed by atoms with Crippen molar-refractivity contribution in [1.82, 2.24) is 10.2 Å². The van der Waals surface area contributed by atoms with Crippen molar-refractivity contribution in [2.75, 3.05) is 12.8 Å². The van der Waals surface area contributed by atoms with E-state index in [1.54, 1.807) is 6.92 Å². The minimum Gasteiger partial charge on any atom is -0.343 e. The first kappa shape index (κ1) is 12.7. The Morgan fingerprint density at radius 3 is 2.71 bits per heavy atom. The molecule has 1 aliphatic heterocycles. The standard InChI is InChI=1S/C12H20N2O2S/c1-8-12(16)14(7-11(15)13-8)9-5-3-4-6-10(9)17-2/h8-10H,3-7H2,1-2H3,(H,13,15). The second kappa shape index (κ2) is 5.29. The molecule has 0 spiro atoms. The number of nitrogens with one attached hydrogen (secondary N) is 1. The predicted molar refractivity (Wildman–Crippen MR) is 68.9 cm³/mol. The number of carbonyl (C=O) groups excluding carboxylic acids is 2. The molecule has 0 aromatic rings. The maximum Gasteiger partial charge on any atom is 0.245 e. The SMILES string of the molecule is CSC1CCCCC1N1CC(=O)NC(C)C1=O. The van der Waals surface area contributed by atoms with E-state index in [-0.39, 0.29) is 30.4 Å². The molecule has 96 valence electrons. The number of nitrogens with zero attached hydrogens (tertiary/aromatic N) is 1. The molecule has 2 rings (SSSR count). The zero-order chi connectivity index (χ0) is 12.4. The predicted octanol–water partition coefficient (Wildman–Crippen LogP) is 1.01. The summed E-state index contributed by atoms with van der Waals surface area (Å²) in [4.78, 5) is 25.5. The minimum atomic E-state index is -0.360. The summed E-state index contributed by atoms with van der Waals surface area (Å²) in [7, 11) is 0. The summed E-state index contributed by atoms with van der Waals surface area (Å²) >= 11 is 1.83. The Kier molecular flexibility index (Phi) is 3.97. The van der Waals surface area contributed by atoms with Gasteiger partial charge in [-0.05, 0) is 26.0 Å².